The smallest absolute Gasteiger partial charge is 0.0295 e. The van der Waals surface area contributed by atoms with Crippen molar-refractivity contribution in [2.24, 2.45) is 11.1 Å². The van der Waals surface area contributed by atoms with Gasteiger partial charge < -0.3 is 5.73 Å². The summed E-state index contributed by atoms with van der Waals surface area (Å²) in [5, 5.41) is 0.936. The van der Waals surface area contributed by atoms with Crippen LogP contribution in [-0.4, -0.2) is 16.5 Å². The van der Waals surface area contributed by atoms with Crippen LogP contribution in [0.2, 0.25) is 0 Å². The maximum Gasteiger partial charge on any atom is 0.0295 e. The fourth-order valence-corrected chi connectivity index (χ4v) is 6.76. The molecule has 3 aliphatic rings. The van der Waals surface area contributed by atoms with Crippen LogP contribution < -0.4 is 5.73 Å². The van der Waals surface area contributed by atoms with Crippen LogP contribution in [0.4, 0.5) is 0 Å². The highest BCUT2D eigenvalue weighted by atomic mass is 32.2. The van der Waals surface area contributed by atoms with Crippen LogP contribution in [0.1, 0.15) is 70.6 Å². The van der Waals surface area contributed by atoms with E-state index in [1.165, 1.54) is 70.6 Å². The maximum atomic E-state index is 6.12. The first-order valence-corrected chi connectivity index (χ1v) is 8.52. The minimum Gasteiger partial charge on any atom is -0.329 e. The van der Waals surface area contributed by atoms with Crippen molar-refractivity contribution in [1.29, 1.82) is 0 Å². The molecule has 17 heavy (non-hydrogen) atoms. The molecule has 0 radical (unpaired) electrons. The normalized spacial score (nSPS) is 31.6. The molecule has 0 bridgehead atoms. The number of hydrogen-bond acceptors (Lipinski definition) is 2. The van der Waals surface area contributed by atoms with E-state index in [0.717, 1.165) is 17.2 Å². The van der Waals surface area contributed by atoms with Crippen molar-refractivity contribution in [3.8, 4) is 0 Å². The largest absolute Gasteiger partial charge is 0.329 e. The van der Waals surface area contributed by atoms with Crippen LogP contribution in [-0.2, 0) is 0 Å². The van der Waals surface area contributed by atoms with Crippen LogP contribution in [0, 0.1) is 5.41 Å². The zero-order valence-electron chi connectivity index (χ0n) is 11.0. The molecule has 2 N–H and O–H groups in total. The van der Waals surface area contributed by atoms with E-state index in [0.29, 0.717) is 4.75 Å². The first-order valence-electron chi connectivity index (χ1n) is 7.64. The zero-order chi connectivity index (χ0) is 11.8. The Labute approximate surface area is 110 Å². The fraction of sp³-hybridized carbons (Fsp3) is 1.00. The van der Waals surface area contributed by atoms with Crippen molar-refractivity contribution in [2.45, 2.75) is 80.6 Å². The van der Waals surface area contributed by atoms with Gasteiger partial charge in [-0.3, -0.25) is 0 Å². The van der Waals surface area contributed by atoms with Gasteiger partial charge in [-0.05, 0) is 43.9 Å². The number of hydrogen-bond donors (Lipinski definition) is 1. The highest BCUT2D eigenvalue weighted by molar-refractivity contribution is 8.01. The van der Waals surface area contributed by atoms with E-state index in [2.05, 4.69) is 11.8 Å². The van der Waals surface area contributed by atoms with E-state index in [1.807, 2.05) is 0 Å². The Morgan fingerprint density at radius 2 is 1.59 bits per heavy atom. The third kappa shape index (κ3) is 2.40. The number of rotatable bonds is 3. The molecule has 1 nitrogen and oxygen atoms in total. The molecule has 1 spiro atoms. The lowest BCUT2D eigenvalue weighted by Gasteiger charge is -2.55. The van der Waals surface area contributed by atoms with Crippen molar-refractivity contribution in [1.82, 2.24) is 0 Å². The first kappa shape index (κ1) is 12.3. The molecule has 3 fully saturated rings. The molecule has 2 heteroatoms. The lowest BCUT2D eigenvalue weighted by atomic mass is 9.60. The molecule has 98 valence electrons. The summed E-state index contributed by atoms with van der Waals surface area (Å²) in [6.45, 7) is 0.927. The SMILES string of the molecule is NCC1(SC2CCCCC2)CC2(CCCC2)C1. The second-order valence-corrected chi connectivity index (χ2v) is 8.59. The van der Waals surface area contributed by atoms with Gasteiger partial charge in [0.1, 0.15) is 0 Å². The molecule has 0 atom stereocenters. The molecular formula is C15H27NS. The third-order valence-corrected chi connectivity index (χ3v) is 7.16. The molecule has 0 unspecified atom stereocenters. The van der Waals surface area contributed by atoms with Gasteiger partial charge in [-0.2, -0.15) is 11.8 Å². The lowest BCUT2D eigenvalue weighted by Crippen LogP contribution is -2.53. The molecule has 0 aliphatic heterocycles. The Morgan fingerprint density at radius 3 is 2.18 bits per heavy atom. The minimum absolute atomic E-state index is 0.492. The summed E-state index contributed by atoms with van der Waals surface area (Å²) in [6, 6.07) is 0. The van der Waals surface area contributed by atoms with Crippen LogP contribution in [0.15, 0.2) is 0 Å². The molecule has 0 saturated heterocycles. The van der Waals surface area contributed by atoms with Gasteiger partial charge in [-0.25, -0.2) is 0 Å². The molecule has 3 saturated carbocycles. The summed E-state index contributed by atoms with van der Waals surface area (Å²) in [4.78, 5) is 0. The first-order chi connectivity index (χ1) is 8.26. The summed E-state index contributed by atoms with van der Waals surface area (Å²) >= 11 is 2.29. The van der Waals surface area contributed by atoms with Crippen LogP contribution in [0.5, 0.6) is 0 Å². The summed E-state index contributed by atoms with van der Waals surface area (Å²) in [5.74, 6) is 0. The number of thioether (sulfide) groups is 1. The Kier molecular flexibility index (Phi) is 3.47. The zero-order valence-corrected chi connectivity index (χ0v) is 11.9. The van der Waals surface area contributed by atoms with Crippen molar-refractivity contribution in [3.63, 3.8) is 0 Å². The molecule has 0 aromatic rings. The van der Waals surface area contributed by atoms with Crippen LogP contribution >= 0.6 is 11.8 Å². The second kappa shape index (κ2) is 4.77. The van der Waals surface area contributed by atoms with Crippen molar-refractivity contribution in [3.05, 3.63) is 0 Å². The Bertz CT molecular complexity index is 256. The van der Waals surface area contributed by atoms with E-state index in [9.17, 15) is 0 Å². The van der Waals surface area contributed by atoms with Crippen LogP contribution in [0.25, 0.3) is 0 Å². The molecule has 3 rings (SSSR count). The van der Waals surface area contributed by atoms with Crippen molar-refractivity contribution < 1.29 is 0 Å². The monoisotopic (exact) mass is 253 g/mol. The van der Waals surface area contributed by atoms with E-state index >= 15 is 0 Å². The standard InChI is InChI=1S/C15H27NS/c16-12-15(17-13-6-2-1-3-7-13)10-14(11-15)8-4-5-9-14/h13H,1-12,16H2. The second-order valence-electron chi connectivity index (χ2n) is 6.83. The van der Waals surface area contributed by atoms with Gasteiger partial charge in [-0.1, -0.05) is 32.1 Å². The summed E-state index contributed by atoms with van der Waals surface area (Å²) in [5.41, 5.74) is 6.87. The quantitative estimate of drug-likeness (QED) is 0.819. The average molecular weight is 253 g/mol. The topological polar surface area (TPSA) is 26.0 Å². The molecule has 0 amide bonds. The minimum atomic E-state index is 0.492. The van der Waals surface area contributed by atoms with E-state index < -0.39 is 0 Å². The van der Waals surface area contributed by atoms with Gasteiger partial charge in [0.25, 0.3) is 0 Å². The van der Waals surface area contributed by atoms with Crippen molar-refractivity contribution in [2.75, 3.05) is 6.54 Å². The van der Waals surface area contributed by atoms with Crippen LogP contribution in [0.3, 0.4) is 0 Å². The summed E-state index contributed by atoms with van der Waals surface area (Å²) < 4.78 is 0.492. The average Bonchev–Trinajstić information content (AvgIpc) is 2.78. The Morgan fingerprint density at radius 1 is 0.941 bits per heavy atom. The van der Waals surface area contributed by atoms with Gasteiger partial charge in [0, 0.05) is 16.5 Å². The number of nitrogens with two attached hydrogens (primary N) is 1. The third-order valence-electron chi connectivity index (χ3n) is 5.40. The lowest BCUT2D eigenvalue weighted by molar-refractivity contribution is 0.0929. The van der Waals surface area contributed by atoms with Gasteiger partial charge in [0.2, 0.25) is 0 Å². The summed E-state index contributed by atoms with van der Waals surface area (Å²) in [6.07, 6.45) is 16.2. The van der Waals surface area contributed by atoms with E-state index in [-0.39, 0.29) is 0 Å². The summed E-state index contributed by atoms with van der Waals surface area (Å²) in [7, 11) is 0. The van der Waals surface area contributed by atoms with Gasteiger partial charge in [0.15, 0.2) is 0 Å². The molecule has 0 aromatic heterocycles. The van der Waals surface area contributed by atoms with Crippen molar-refractivity contribution >= 4 is 11.8 Å². The Balaban J connectivity index is 1.56. The van der Waals surface area contributed by atoms with Gasteiger partial charge >= 0.3 is 0 Å². The fourth-order valence-electron chi connectivity index (χ4n) is 4.61. The van der Waals surface area contributed by atoms with Gasteiger partial charge in [-0.15, -0.1) is 0 Å². The Hall–Kier alpha value is 0.310. The predicted molar refractivity (Wildman–Crippen MR) is 76.4 cm³/mol. The molecule has 3 aliphatic carbocycles. The van der Waals surface area contributed by atoms with E-state index in [1.54, 1.807) is 0 Å². The molecule has 0 aromatic carbocycles. The predicted octanol–water partition coefficient (Wildman–Crippen LogP) is 4.10. The molecule has 0 heterocycles. The molecular weight excluding hydrogens is 226 g/mol. The maximum absolute atomic E-state index is 6.12. The van der Waals surface area contributed by atoms with Gasteiger partial charge in [0.05, 0.1) is 0 Å². The highest BCUT2D eigenvalue weighted by Gasteiger charge is 2.55. The highest BCUT2D eigenvalue weighted by Crippen LogP contribution is 2.63. The van der Waals surface area contributed by atoms with E-state index in [4.69, 9.17) is 5.73 Å².